The molecule has 21 heavy (non-hydrogen) atoms. The van der Waals surface area contributed by atoms with Gasteiger partial charge in [0, 0.05) is 0 Å². The molecule has 0 aromatic heterocycles. The third-order valence-corrected chi connectivity index (χ3v) is 5.04. The van der Waals surface area contributed by atoms with Gasteiger partial charge in [0.2, 0.25) is 0 Å². The van der Waals surface area contributed by atoms with Crippen LogP contribution in [0.2, 0.25) is 0 Å². The second-order valence-corrected chi connectivity index (χ2v) is 11.5. The zero-order valence-corrected chi connectivity index (χ0v) is 16.7. The second kappa shape index (κ2) is 5.25. The molecule has 1 unspecified atom stereocenters. The molecule has 0 aromatic rings. The van der Waals surface area contributed by atoms with Crippen molar-refractivity contribution in [1.29, 1.82) is 0 Å². The van der Waals surface area contributed by atoms with Crippen LogP contribution in [0.25, 0.3) is 0 Å². The molecule has 1 fully saturated rings. The molecule has 1 heterocycles. The maximum atomic E-state index is 6.77. The summed E-state index contributed by atoms with van der Waals surface area (Å²) in [5.41, 5.74) is 0.884. The standard InChI is InChI=1S/C20H40O/c1-17(2,3)13-14(18(4,5)6)16(20(10,11)12)21-15(13)19(7,8)9/h13-16H,1-12H3/t13-,14?,15-,16-/m0/s1. The minimum atomic E-state index is 0.182. The van der Waals surface area contributed by atoms with Crippen LogP contribution in [0.3, 0.4) is 0 Å². The van der Waals surface area contributed by atoms with Crippen LogP contribution in [0.15, 0.2) is 0 Å². The van der Waals surface area contributed by atoms with Crippen LogP contribution in [0.4, 0.5) is 0 Å². The lowest BCUT2D eigenvalue weighted by Gasteiger charge is -2.45. The van der Waals surface area contributed by atoms with Crippen molar-refractivity contribution in [3.63, 3.8) is 0 Å². The summed E-state index contributed by atoms with van der Waals surface area (Å²) in [5, 5.41) is 0. The maximum absolute atomic E-state index is 6.77. The minimum Gasteiger partial charge on any atom is -0.373 e. The van der Waals surface area contributed by atoms with Crippen LogP contribution in [-0.2, 0) is 4.74 Å². The second-order valence-electron chi connectivity index (χ2n) is 11.5. The van der Waals surface area contributed by atoms with E-state index in [0.29, 0.717) is 24.0 Å². The van der Waals surface area contributed by atoms with Gasteiger partial charge in [-0.15, -0.1) is 0 Å². The molecule has 1 rings (SSSR count). The fourth-order valence-electron chi connectivity index (χ4n) is 4.18. The van der Waals surface area contributed by atoms with Crippen molar-refractivity contribution < 1.29 is 4.74 Å². The van der Waals surface area contributed by atoms with Crippen LogP contribution in [0, 0.1) is 33.5 Å². The highest BCUT2D eigenvalue weighted by Gasteiger charge is 2.58. The highest BCUT2D eigenvalue weighted by Crippen LogP contribution is 2.57. The summed E-state index contributed by atoms with van der Waals surface area (Å²) in [6, 6.07) is 0. The molecule has 126 valence electrons. The summed E-state index contributed by atoms with van der Waals surface area (Å²) in [4.78, 5) is 0. The average molecular weight is 297 g/mol. The van der Waals surface area contributed by atoms with E-state index in [1.807, 2.05) is 0 Å². The Morgan fingerprint density at radius 3 is 0.810 bits per heavy atom. The zero-order valence-electron chi connectivity index (χ0n) is 16.7. The van der Waals surface area contributed by atoms with E-state index >= 15 is 0 Å². The molecule has 0 aromatic carbocycles. The summed E-state index contributed by atoms with van der Waals surface area (Å²) in [7, 11) is 0. The van der Waals surface area contributed by atoms with E-state index in [9.17, 15) is 0 Å². The largest absolute Gasteiger partial charge is 0.373 e. The van der Waals surface area contributed by atoms with Gasteiger partial charge in [0.1, 0.15) is 0 Å². The topological polar surface area (TPSA) is 9.23 Å². The van der Waals surface area contributed by atoms with Crippen molar-refractivity contribution >= 4 is 0 Å². The molecule has 0 amide bonds. The zero-order chi connectivity index (χ0) is 17.0. The number of ether oxygens (including phenoxy) is 1. The predicted octanol–water partition coefficient (Wildman–Crippen LogP) is 6.17. The van der Waals surface area contributed by atoms with Crippen molar-refractivity contribution in [3.05, 3.63) is 0 Å². The Kier molecular flexibility index (Phi) is 4.75. The lowest BCUT2D eigenvalue weighted by atomic mass is 9.57. The third-order valence-electron chi connectivity index (χ3n) is 5.04. The molecule has 4 atom stereocenters. The van der Waals surface area contributed by atoms with Gasteiger partial charge in [-0.25, -0.2) is 0 Å². The monoisotopic (exact) mass is 296 g/mol. The van der Waals surface area contributed by atoms with Gasteiger partial charge < -0.3 is 4.74 Å². The van der Waals surface area contributed by atoms with Gasteiger partial charge in [-0.1, -0.05) is 83.1 Å². The SMILES string of the molecule is CC(C)(C)C1[C@@H](C(C)(C)C)O[C@H](C(C)(C)C)[C@H]1C(C)(C)C. The van der Waals surface area contributed by atoms with Gasteiger partial charge in [0.25, 0.3) is 0 Å². The Balaban J connectivity index is 3.42. The van der Waals surface area contributed by atoms with Crippen molar-refractivity contribution in [1.82, 2.24) is 0 Å². The molecule has 1 aliphatic rings. The first kappa shape index (κ1) is 19.0. The van der Waals surface area contributed by atoms with Gasteiger partial charge in [-0.2, -0.15) is 0 Å². The molecule has 0 aliphatic carbocycles. The molecule has 1 saturated heterocycles. The fraction of sp³-hybridized carbons (Fsp3) is 1.00. The first-order valence-electron chi connectivity index (χ1n) is 8.63. The fourth-order valence-corrected chi connectivity index (χ4v) is 4.18. The predicted molar refractivity (Wildman–Crippen MR) is 93.5 cm³/mol. The Bertz CT molecular complexity index is 317. The summed E-state index contributed by atoms with van der Waals surface area (Å²) < 4.78 is 6.77. The van der Waals surface area contributed by atoms with Crippen LogP contribution in [0.1, 0.15) is 83.1 Å². The number of rotatable bonds is 0. The van der Waals surface area contributed by atoms with Gasteiger partial charge in [0.15, 0.2) is 0 Å². The normalized spacial score (nSPS) is 32.6. The first-order valence-corrected chi connectivity index (χ1v) is 8.63. The van der Waals surface area contributed by atoms with Crippen molar-refractivity contribution in [2.24, 2.45) is 33.5 Å². The van der Waals surface area contributed by atoms with Crippen LogP contribution in [0.5, 0.6) is 0 Å². The summed E-state index contributed by atoms with van der Waals surface area (Å²) in [6.07, 6.45) is 0.650. The lowest BCUT2D eigenvalue weighted by molar-refractivity contribution is -0.0807. The molecule has 0 radical (unpaired) electrons. The molecular formula is C20H40O. The minimum absolute atomic E-state index is 0.182. The molecule has 0 N–H and O–H groups in total. The lowest BCUT2D eigenvalue weighted by Crippen LogP contribution is -2.45. The van der Waals surface area contributed by atoms with E-state index in [1.165, 1.54) is 0 Å². The maximum Gasteiger partial charge on any atom is 0.0664 e. The quantitative estimate of drug-likeness (QED) is 0.519. The molecule has 1 aliphatic heterocycles. The van der Waals surface area contributed by atoms with Crippen LogP contribution >= 0.6 is 0 Å². The van der Waals surface area contributed by atoms with Crippen LogP contribution < -0.4 is 0 Å². The van der Waals surface area contributed by atoms with Crippen molar-refractivity contribution in [3.8, 4) is 0 Å². The summed E-state index contributed by atoms with van der Waals surface area (Å²) in [6.45, 7) is 28.4. The van der Waals surface area contributed by atoms with E-state index < -0.39 is 0 Å². The van der Waals surface area contributed by atoms with E-state index in [4.69, 9.17) is 4.74 Å². The number of hydrogen-bond donors (Lipinski definition) is 0. The van der Waals surface area contributed by atoms with Gasteiger partial charge in [-0.3, -0.25) is 0 Å². The van der Waals surface area contributed by atoms with Gasteiger partial charge in [0.05, 0.1) is 12.2 Å². The molecule has 0 bridgehead atoms. The molecule has 0 spiro atoms. The molecule has 1 nitrogen and oxygen atoms in total. The van der Waals surface area contributed by atoms with E-state index in [2.05, 4.69) is 83.1 Å². The van der Waals surface area contributed by atoms with Crippen molar-refractivity contribution in [2.75, 3.05) is 0 Å². The highest BCUT2D eigenvalue weighted by molar-refractivity contribution is 5.05. The Morgan fingerprint density at radius 1 is 0.429 bits per heavy atom. The highest BCUT2D eigenvalue weighted by atomic mass is 16.5. The Morgan fingerprint density at radius 2 is 0.667 bits per heavy atom. The number of hydrogen-bond acceptors (Lipinski definition) is 1. The molecule has 1 heteroatoms. The smallest absolute Gasteiger partial charge is 0.0664 e. The van der Waals surface area contributed by atoms with Gasteiger partial charge in [-0.05, 0) is 33.5 Å². The summed E-state index contributed by atoms with van der Waals surface area (Å²) in [5.74, 6) is 1.17. The Labute approximate surface area is 134 Å². The summed E-state index contributed by atoms with van der Waals surface area (Å²) >= 11 is 0. The van der Waals surface area contributed by atoms with E-state index in [0.717, 1.165) is 0 Å². The van der Waals surface area contributed by atoms with Crippen molar-refractivity contribution in [2.45, 2.75) is 95.3 Å². The van der Waals surface area contributed by atoms with Crippen LogP contribution in [-0.4, -0.2) is 12.2 Å². The van der Waals surface area contributed by atoms with E-state index in [1.54, 1.807) is 0 Å². The third kappa shape index (κ3) is 4.03. The first-order chi connectivity index (χ1) is 8.97. The van der Waals surface area contributed by atoms with Gasteiger partial charge >= 0.3 is 0 Å². The average Bonchev–Trinajstić information content (AvgIpc) is 2.52. The Hall–Kier alpha value is -0.0400. The molecule has 0 saturated carbocycles. The van der Waals surface area contributed by atoms with E-state index in [-0.39, 0.29) is 21.7 Å². The molecular weight excluding hydrogens is 256 g/mol.